The molecule has 106 valence electrons. The summed E-state index contributed by atoms with van der Waals surface area (Å²) in [5.74, 6) is 0. The molecule has 0 saturated carbocycles. The smallest absolute Gasteiger partial charge is 0.324 e. The molecule has 1 aromatic heterocycles. The molecule has 0 radical (unpaired) electrons. The van der Waals surface area contributed by atoms with Crippen LogP contribution in [-0.4, -0.2) is 4.92 Å². The normalized spacial score (nSPS) is 10.7. The van der Waals surface area contributed by atoms with Crippen molar-refractivity contribution < 1.29 is 4.92 Å². The van der Waals surface area contributed by atoms with Crippen LogP contribution in [0.4, 0.5) is 10.7 Å². The van der Waals surface area contributed by atoms with Crippen molar-refractivity contribution >= 4 is 48.7 Å². The molecular weight excluding hydrogens is 352 g/mol. The average Bonchev–Trinajstić information content (AvgIpc) is 2.94. The molecule has 0 aliphatic rings. The Balaban J connectivity index is 1.75. The molecule has 3 aromatic rings. The minimum atomic E-state index is -0.359. The van der Waals surface area contributed by atoms with Gasteiger partial charge in [-0.2, -0.15) is 0 Å². The van der Waals surface area contributed by atoms with E-state index in [2.05, 4.69) is 45.5 Å². The van der Waals surface area contributed by atoms with E-state index in [1.165, 1.54) is 16.7 Å². The molecule has 0 atom stereocenters. The summed E-state index contributed by atoms with van der Waals surface area (Å²) < 4.78 is 1.06. The Kier molecular flexibility index (Phi) is 3.90. The van der Waals surface area contributed by atoms with Crippen LogP contribution < -0.4 is 5.32 Å². The zero-order chi connectivity index (χ0) is 14.8. The number of rotatable bonds is 4. The van der Waals surface area contributed by atoms with E-state index >= 15 is 0 Å². The Bertz CT molecular complexity index is 816. The fourth-order valence-electron chi connectivity index (χ4n) is 2.08. The van der Waals surface area contributed by atoms with Crippen molar-refractivity contribution in [2.45, 2.75) is 6.54 Å². The molecule has 0 aliphatic carbocycles. The SMILES string of the molecule is O=[N+]([O-])c1ccc(CNc2ccc3cc(Br)ccc3c2)s1. The van der Waals surface area contributed by atoms with Gasteiger partial charge in [-0.25, -0.2) is 0 Å². The predicted molar refractivity (Wildman–Crippen MR) is 89.9 cm³/mol. The Morgan fingerprint density at radius 3 is 2.62 bits per heavy atom. The minimum absolute atomic E-state index is 0.176. The van der Waals surface area contributed by atoms with Gasteiger partial charge < -0.3 is 5.32 Å². The number of benzene rings is 2. The number of halogens is 1. The fourth-order valence-corrected chi connectivity index (χ4v) is 3.21. The minimum Gasteiger partial charge on any atom is -0.380 e. The van der Waals surface area contributed by atoms with Crippen LogP contribution >= 0.6 is 27.3 Å². The van der Waals surface area contributed by atoms with Crippen LogP contribution in [0.2, 0.25) is 0 Å². The van der Waals surface area contributed by atoms with Gasteiger partial charge in [0.1, 0.15) is 0 Å². The maximum Gasteiger partial charge on any atom is 0.324 e. The summed E-state index contributed by atoms with van der Waals surface area (Å²) in [6, 6.07) is 15.6. The molecule has 0 saturated heterocycles. The lowest BCUT2D eigenvalue weighted by Gasteiger charge is -2.06. The van der Waals surface area contributed by atoms with Gasteiger partial charge in [0, 0.05) is 27.6 Å². The Hall–Kier alpha value is -1.92. The summed E-state index contributed by atoms with van der Waals surface area (Å²) in [6.07, 6.45) is 0. The first-order valence-electron chi connectivity index (χ1n) is 6.28. The van der Waals surface area contributed by atoms with Crippen molar-refractivity contribution in [3.05, 3.63) is 68.0 Å². The summed E-state index contributed by atoms with van der Waals surface area (Å²) in [6.45, 7) is 0.584. The van der Waals surface area contributed by atoms with Crippen LogP contribution in [0.15, 0.2) is 53.0 Å². The molecule has 1 heterocycles. The Morgan fingerprint density at radius 2 is 1.86 bits per heavy atom. The molecule has 0 bridgehead atoms. The number of hydrogen-bond acceptors (Lipinski definition) is 4. The predicted octanol–water partition coefficient (Wildman–Crippen LogP) is 5.18. The number of fused-ring (bicyclic) bond motifs is 1. The first-order chi connectivity index (χ1) is 10.1. The lowest BCUT2D eigenvalue weighted by atomic mass is 10.1. The van der Waals surface area contributed by atoms with Crippen LogP contribution in [-0.2, 0) is 6.54 Å². The quantitative estimate of drug-likeness (QED) is 0.513. The summed E-state index contributed by atoms with van der Waals surface area (Å²) in [5.41, 5.74) is 1.00. The Labute approximate surface area is 133 Å². The van der Waals surface area contributed by atoms with Crippen LogP contribution in [0.3, 0.4) is 0 Å². The van der Waals surface area contributed by atoms with E-state index in [1.807, 2.05) is 12.1 Å². The lowest BCUT2D eigenvalue weighted by molar-refractivity contribution is -0.380. The highest BCUT2D eigenvalue weighted by Crippen LogP contribution is 2.26. The van der Waals surface area contributed by atoms with E-state index in [4.69, 9.17) is 0 Å². The van der Waals surface area contributed by atoms with E-state index in [1.54, 1.807) is 12.1 Å². The van der Waals surface area contributed by atoms with Crippen LogP contribution in [0.1, 0.15) is 4.88 Å². The third-order valence-electron chi connectivity index (χ3n) is 3.10. The van der Waals surface area contributed by atoms with Crippen molar-refractivity contribution in [2.24, 2.45) is 0 Å². The van der Waals surface area contributed by atoms with Gasteiger partial charge in [-0.3, -0.25) is 10.1 Å². The second kappa shape index (κ2) is 5.83. The molecule has 21 heavy (non-hydrogen) atoms. The zero-order valence-electron chi connectivity index (χ0n) is 10.9. The van der Waals surface area contributed by atoms with E-state index in [9.17, 15) is 10.1 Å². The second-order valence-electron chi connectivity index (χ2n) is 4.56. The third-order valence-corrected chi connectivity index (χ3v) is 4.63. The van der Waals surface area contributed by atoms with E-state index in [0.717, 1.165) is 20.4 Å². The van der Waals surface area contributed by atoms with Crippen molar-refractivity contribution in [1.29, 1.82) is 0 Å². The molecular formula is C15H11BrN2O2S. The standard InChI is InChI=1S/C15H11BrN2O2S/c16-12-3-1-11-8-13(4-2-10(11)7-12)17-9-14-5-6-15(21-14)18(19)20/h1-8,17H,9H2. The van der Waals surface area contributed by atoms with Crippen molar-refractivity contribution in [1.82, 2.24) is 0 Å². The van der Waals surface area contributed by atoms with Crippen molar-refractivity contribution in [3.8, 4) is 0 Å². The van der Waals surface area contributed by atoms with Gasteiger partial charge in [0.2, 0.25) is 0 Å². The molecule has 0 spiro atoms. The van der Waals surface area contributed by atoms with Gasteiger partial charge in [0.25, 0.3) is 0 Å². The molecule has 6 heteroatoms. The van der Waals surface area contributed by atoms with E-state index in [-0.39, 0.29) is 9.92 Å². The van der Waals surface area contributed by atoms with Gasteiger partial charge in [0.05, 0.1) is 4.92 Å². The topological polar surface area (TPSA) is 55.2 Å². The summed E-state index contributed by atoms with van der Waals surface area (Å²) in [5, 5.41) is 16.4. The van der Waals surface area contributed by atoms with E-state index < -0.39 is 0 Å². The second-order valence-corrected chi connectivity index (χ2v) is 6.62. The Morgan fingerprint density at radius 1 is 1.10 bits per heavy atom. The van der Waals surface area contributed by atoms with Crippen LogP contribution in [0.5, 0.6) is 0 Å². The first-order valence-corrected chi connectivity index (χ1v) is 7.89. The lowest BCUT2D eigenvalue weighted by Crippen LogP contribution is -1.96. The van der Waals surface area contributed by atoms with Crippen molar-refractivity contribution in [3.63, 3.8) is 0 Å². The molecule has 0 unspecified atom stereocenters. The maximum absolute atomic E-state index is 10.7. The number of nitrogens with zero attached hydrogens (tertiary/aromatic N) is 1. The van der Waals surface area contributed by atoms with Gasteiger partial charge in [0.15, 0.2) is 0 Å². The molecule has 4 nitrogen and oxygen atoms in total. The molecule has 0 fully saturated rings. The van der Waals surface area contributed by atoms with Gasteiger partial charge >= 0.3 is 5.00 Å². The largest absolute Gasteiger partial charge is 0.380 e. The molecule has 2 aromatic carbocycles. The number of nitro groups is 1. The highest BCUT2D eigenvalue weighted by Gasteiger charge is 2.09. The fraction of sp³-hybridized carbons (Fsp3) is 0.0667. The summed E-state index contributed by atoms with van der Waals surface area (Å²) in [7, 11) is 0. The highest BCUT2D eigenvalue weighted by molar-refractivity contribution is 9.10. The van der Waals surface area contributed by atoms with Gasteiger partial charge in [-0.05, 0) is 41.1 Å². The molecule has 0 aliphatic heterocycles. The first kappa shape index (κ1) is 14.0. The molecule has 1 N–H and O–H groups in total. The molecule has 0 amide bonds. The number of thiophene rings is 1. The maximum atomic E-state index is 10.7. The number of nitrogens with one attached hydrogen (secondary N) is 1. The van der Waals surface area contributed by atoms with E-state index in [0.29, 0.717) is 6.54 Å². The van der Waals surface area contributed by atoms with Gasteiger partial charge in [-0.1, -0.05) is 39.4 Å². The van der Waals surface area contributed by atoms with Crippen LogP contribution in [0.25, 0.3) is 10.8 Å². The summed E-state index contributed by atoms with van der Waals surface area (Å²) >= 11 is 4.65. The van der Waals surface area contributed by atoms with Crippen molar-refractivity contribution in [2.75, 3.05) is 5.32 Å². The highest BCUT2D eigenvalue weighted by atomic mass is 79.9. The van der Waals surface area contributed by atoms with Gasteiger partial charge in [-0.15, -0.1) is 0 Å². The summed E-state index contributed by atoms with van der Waals surface area (Å²) in [4.78, 5) is 11.2. The third kappa shape index (κ3) is 3.22. The molecule has 3 rings (SSSR count). The van der Waals surface area contributed by atoms with Crippen LogP contribution in [0, 0.1) is 10.1 Å². The number of hydrogen-bond donors (Lipinski definition) is 1. The zero-order valence-corrected chi connectivity index (χ0v) is 13.3. The number of anilines is 1. The average molecular weight is 363 g/mol. The monoisotopic (exact) mass is 362 g/mol.